The van der Waals surface area contributed by atoms with E-state index in [4.69, 9.17) is 5.73 Å². The Morgan fingerprint density at radius 2 is 2.57 bits per heavy atom. The summed E-state index contributed by atoms with van der Waals surface area (Å²) in [5.41, 5.74) is 5.36. The van der Waals surface area contributed by atoms with Gasteiger partial charge in [-0.05, 0) is 28.9 Å². The first-order chi connectivity index (χ1) is 6.63. The maximum Gasteiger partial charge on any atom is 0.229 e. The van der Waals surface area contributed by atoms with Gasteiger partial charge in [0.2, 0.25) is 5.91 Å². The molecule has 0 radical (unpaired) electrons. The van der Waals surface area contributed by atoms with Crippen LogP contribution in [0.2, 0.25) is 0 Å². The molecule has 4 nitrogen and oxygen atoms in total. The Morgan fingerprint density at radius 1 is 1.86 bits per heavy atom. The largest absolute Gasteiger partial charge is 0.330 e. The van der Waals surface area contributed by atoms with Gasteiger partial charge >= 0.3 is 0 Å². The number of nitrogens with one attached hydrogen (secondary N) is 1. The lowest BCUT2D eigenvalue weighted by atomic mass is 10.1. The highest BCUT2D eigenvalue weighted by atomic mass is 79.9. The van der Waals surface area contributed by atoms with E-state index in [0.717, 1.165) is 3.79 Å². The van der Waals surface area contributed by atoms with Gasteiger partial charge in [0, 0.05) is 5.92 Å². The third-order valence-electron chi connectivity index (χ3n) is 1.75. The molecule has 0 spiro atoms. The summed E-state index contributed by atoms with van der Waals surface area (Å²) in [5.74, 6) is -0.0972. The summed E-state index contributed by atoms with van der Waals surface area (Å²) in [5, 5.41) is 3.35. The molecule has 3 N–H and O–H groups in total. The molecule has 0 saturated heterocycles. The normalized spacial score (nSPS) is 12.5. The number of hydrogen-bond donors (Lipinski definition) is 2. The second kappa shape index (κ2) is 5.43. The topological polar surface area (TPSA) is 68.0 Å². The predicted octanol–water partition coefficient (Wildman–Crippen LogP) is 1.83. The minimum absolute atomic E-state index is 0.0303. The lowest BCUT2D eigenvalue weighted by molar-refractivity contribution is -0.119. The van der Waals surface area contributed by atoms with Crippen LogP contribution in [-0.2, 0) is 4.79 Å². The van der Waals surface area contributed by atoms with Crippen LogP contribution in [0.5, 0.6) is 0 Å². The second-order valence-electron chi connectivity index (χ2n) is 2.94. The molecule has 0 aliphatic rings. The van der Waals surface area contributed by atoms with Gasteiger partial charge in [0.1, 0.15) is 0 Å². The monoisotopic (exact) mass is 277 g/mol. The van der Waals surface area contributed by atoms with Crippen LogP contribution in [0.15, 0.2) is 9.98 Å². The molecule has 1 amide bonds. The van der Waals surface area contributed by atoms with Gasteiger partial charge in [-0.2, -0.15) is 0 Å². The summed E-state index contributed by atoms with van der Waals surface area (Å²) in [4.78, 5) is 15.5. The Hall–Kier alpha value is -0.460. The number of thiazole rings is 1. The van der Waals surface area contributed by atoms with E-state index in [9.17, 15) is 4.79 Å². The standard InChI is InChI=1S/C8H12BrN3OS/c1-5(2-3-10)7(13)12-8-11-4-6(9)14-8/h4-5H,2-3,10H2,1H3,(H,11,12,13). The van der Waals surface area contributed by atoms with Gasteiger partial charge in [0.15, 0.2) is 5.13 Å². The summed E-state index contributed by atoms with van der Waals surface area (Å²) in [6.07, 6.45) is 2.35. The van der Waals surface area contributed by atoms with Crippen LogP contribution in [0.25, 0.3) is 0 Å². The number of aromatic nitrogens is 1. The third-order valence-corrected chi connectivity index (χ3v) is 3.15. The molecule has 1 aromatic heterocycles. The number of carbonyl (C=O) groups excluding carboxylic acids is 1. The predicted molar refractivity (Wildman–Crippen MR) is 61.3 cm³/mol. The lowest BCUT2D eigenvalue weighted by Crippen LogP contribution is -2.22. The highest BCUT2D eigenvalue weighted by Gasteiger charge is 2.13. The molecule has 0 fully saturated rings. The van der Waals surface area contributed by atoms with E-state index in [1.54, 1.807) is 6.20 Å². The zero-order valence-electron chi connectivity index (χ0n) is 7.79. The minimum Gasteiger partial charge on any atom is -0.330 e. The van der Waals surface area contributed by atoms with Crippen LogP contribution >= 0.6 is 27.3 Å². The SMILES string of the molecule is CC(CCN)C(=O)Nc1ncc(Br)s1. The van der Waals surface area contributed by atoms with Crippen molar-refractivity contribution >= 4 is 38.3 Å². The molecule has 14 heavy (non-hydrogen) atoms. The zero-order chi connectivity index (χ0) is 10.6. The number of anilines is 1. The molecular formula is C8H12BrN3OS. The van der Waals surface area contributed by atoms with Crippen molar-refractivity contribution in [3.8, 4) is 0 Å². The van der Waals surface area contributed by atoms with Crippen molar-refractivity contribution in [1.82, 2.24) is 4.98 Å². The summed E-state index contributed by atoms with van der Waals surface area (Å²) in [6.45, 7) is 2.38. The summed E-state index contributed by atoms with van der Waals surface area (Å²) < 4.78 is 0.902. The van der Waals surface area contributed by atoms with E-state index in [2.05, 4.69) is 26.2 Å². The summed E-state index contributed by atoms with van der Waals surface area (Å²) in [6, 6.07) is 0. The molecule has 0 saturated carbocycles. The van der Waals surface area contributed by atoms with Crippen LogP contribution in [0, 0.1) is 5.92 Å². The minimum atomic E-state index is -0.0670. The Balaban J connectivity index is 2.48. The fourth-order valence-electron chi connectivity index (χ4n) is 0.922. The first-order valence-electron chi connectivity index (χ1n) is 4.25. The molecule has 1 unspecified atom stereocenters. The molecule has 6 heteroatoms. The van der Waals surface area contributed by atoms with E-state index in [1.807, 2.05) is 6.92 Å². The van der Waals surface area contributed by atoms with Crippen LogP contribution < -0.4 is 11.1 Å². The Bertz CT molecular complexity index is 315. The van der Waals surface area contributed by atoms with E-state index < -0.39 is 0 Å². The van der Waals surface area contributed by atoms with Crippen molar-refractivity contribution in [3.05, 3.63) is 9.98 Å². The Labute approximate surface area is 95.0 Å². The number of nitrogens with zero attached hydrogens (tertiary/aromatic N) is 1. The van der Waals surface area contributed by atoms with Crippen molar-refractivity contribution < 1.29 is 4.79 Å². The highest BCUT2D eigenvalue weighted by molar-refractivity contribution is 9.11. The van der Waals surface area contributed by atoms with Crippen molar-refractivity contribution in [3.63, 3.8) is 0 Å². The van der Waals surface area contributed by atoms with Gasteiger partial charge in [-0.15, -0.1) is 0 Å². The second-order valence-corrected chi connectivity index (χ2v) is 5.35. The van der Waals surface area contributed by atoms with Crippen molar-refractivity contribution in [2.45, 2.75) is 13.3 Å². The van der Waals surface area contributed by atoms with Gasteiger partial charge in [-0.3, -0.25) is 4.79 Å². The van der Waals surface area contributed by atoms with Gasteiger partial charge in [-0.25, -0.2) is 4.98 Å². The maximum atomic E-state index is 11.5. The number of halogens is 1. The van der Waals surface area contributed by atoms with Crippen molar-refractivity contribution in [1.29, 1.82) is 0 Å². The number of nitrogens with two attached hydrogens (primary N) is 1. The molecule has 1 heterocycles. The van der Waals surface area contributed by atoms with Crippen LogP contribution in [0.3, 0.4) is 0 Å². The zero-order valence-corrected chi connectivity index (χ0v) is 10.2. The van der Waals surface area contributed by atoms with E-state index >= 15 is 0 Å². The lowest BCUT2D eigenvalue weighted by Gasteiger charge is -2.08. The van der Waals surface area contributed by atoms with Gasteiger partial charge in [-0.1, -0.05) is 18.3 Å². The first-order valence-corrected chi connectivity index (χ1v) is 5.86. The fourth-order valence-corrected chi connectivity index (χ4v) is 2.03. The average molecular weight is 278 g/mol. The van der Waals surface area contributed by atoms with Crippen LogP contribution in [0.4, 0.5) is 5.13 Å². The Morgan fingerprint density at radius 3 is 3.07 bits per heavy atom. The highest BCUT2D eigenvalue weighted by Crippen LogP contribution is 2.23. The average Bonchev–Trinajstić information content (AvgIpc) is 2.51. The summed E-state index contributed by atoms with van der Waals surface area (Å²) in [7, 11) is 0. The van der Waals surface area contributed by atoms with E-state index in [-0.39, 0.29) is 11.8 Å². The molecular weight excluding hydrogens is 266 g/mol. The number of rotatable bonds is 4. The van der Waals surface area contributed by atoms with Crippen molar-refractivity contribution in [2.24, 2.45) is 11.7 Å². The van der Waals surface area contributed by atoms with Gasteiger partial charge < -0.3 is 11.1 Å². The molecule has 1 rings (SSSR count). The van der Waals surface area contributed by atoms with Gasteiger partial charge in [0.05, 0.1) is 9.98 Å². The van der Waals surface area contributed by atoms with Crippen molar-refractivity contribution in [2.75, 3.05) is 11.9 Å². The quantitative estimate of drug-likeness (QED) is 0.882. The third kappa shape index (κ3) is 3.36. The van der Waals surface area contributed by atoms with E-state index in [0.29, 0.717) is 18.1 Å². The number of hydrogen-bond acceptors (Lipinski definition) is 4. The number of carbonyl (C=O) groups is 1. The maximum absolute atomic E-state index is 11.5. The molecule has 0 aromatic carbocycles. The molecule has 1 atom stereocenters. The first kappa shape index (κ1) is 11.6. The van der Waals surface area contributed by atoms with Gasteiger partial charge in [0.25, 0.3) is 0 Å². The molecule has 0 bridgehead atoms. The molecule has 0 aliphatic heterocycles. The van der Waals surface area contributed by atoms with E-state index in [1.165, 1.54) is 11.3 Å². The Kier molecular flexibility index (Phi) is 4.50. The number of amides is 1. The smallest absolute Gasteiger partial charge is 0.229 e. The summed E-state index contributed by atoms with van der Waals surface area (Å²) >= 11 is 4.67. The van der Waals surface area contributed by atoms with Crippen LogP contribution in [-0.4, -0.2) is 17.4 Å². The fraction of sp³-hybridized carbons (Fsp3) is 0.500. The van der Waals surface area contributed by atoms with Crippen LogP contribution in [0.1, 0.15) is 13.3 Å². The molecule has 1 aromatic rings. The molecule has 78 valence electrons. The molecule has 0 aliphatic carbocycles.